The Morgan fingerprint density at radius 3 is 2.77 bits per heavy atom. The third-order valence-electron chi connectivity index (χ3n) is 5.54. The van der Waals surface area contributed by atoms with Crippen molar-refractivity contribution >= 4 is 23.1 Å². The summed E-state index contributed by atoms with van der Waals surface area (Å²) in [5, 5.41) is 7.42. The molecular weight excluding hydrogens is 377 g/mol. The highest BCUT2D eigenvalue weighted by Crippen LogP contribution is 2.28. The molecule has 3 rings (SSSR count). The number of halogens is 1. The Morgan fingerprint density at radius 2 is 2.13 bits per heavy atom. The number of pyridine rings is 1. The van der Waals surface area contributed by atoms with Gasteiger partial charge in [0.1, 0.15) is 5.67 Å². The first-order valence-electron chi connectivity index (χ1n) is 10.5. The van der Waals surface area contributed by atoms with Gasteiger partial charge in [0.05, 0.1) is 24.0 Å². The number of nitrogens with one attached hydrogen (secondary N) is 1. The molecular formula is C24H30FN5. The van der Waals surface area contributed by atoms with Crippen molar-refractivity contribution in [3.05, 3.63) is 65.8 Å². The van der Waals surface area contributed by atoms with Gasteiger partial charge >= 0.3 is 0 Å². The number of aromatic nitrogens is 4. The molecule has 1 atom stereocenters. The second-order valence-electron chi connectivity index (χ2n) is 7.55. The fourth-order valence-corrected chi connectivity index (χ4v) is 3.69. The second-order valence-corrected chi connectivity index (χ2v) is 7.55. The molecule has 6 heteroatoms. The lowest BCUT2D eigenvalue weighted by Crippen LogP contribution is -2.32. The summed E-state index contributed by atoms with van der Waals surface area (Å²) in [7, 11) is 0. The van der Waals surface area contributed by atoms with Gasteiger partial charge in [0, 0.05) is 23.5 Å². The second kappa shape index (κ2) is 9.20. The molecule has 1 N–H and O–H groups in total. The zero-order chi connectivity index (χ0) is 21.7. The summed E-state index contributed by atoms with van der Waals surface area (Å²) in [5.41, 5.74) is 4.63. The van der Waals surface area contributed by atoms with E-state index in [0.29, 0.717) is 18.8 Å². The Morgan fingerprint density at radius 1 is 1.33 bits per heavy atom. The molecule has 5 nitrogen and oxygen atoms in total. The number of alkyl halides is 1. The minimum absolute atomic E-state index is 0.217. The summed E-state index contributed by atoms with van der Waals surface area (Å²) in [6, 6.07) is 4.12. The number of allylic oxidation sites excluding steroid dienone is 1. The van der Waals surface area contributed by atoms with Crippen molar-refractivity contribution in [3.63, 3.8) is 0 Å². The van der Waals surface area contributed by atoms with Gasteiger partial charge in [-0.3, -0.25) is 0 Å². The lowest BCUT2D eigenvalue weighted by atomic mass is 9.97. The molecule has 3 aromatic rings. The predicted octanol–water partition coefficient (Wildman–Crippen LogP) is 5.86. The van der Waals surface area contributed by atoms with Crippen LogP contribution in [0.2, 0.25) is 0 Å². The fourth-order valence-electron chi connectivity index (χ4n) is 3.69. The molecule has 0 aromatic carbocycles. The Bertz CT molecular complexity index is 1070. The third-order valence-corrected chi connectivity index (χ3v) is 5.54. The van der Waals surface area contributed by atoms with Gasteiger partial charge in [0.15, 0.2) is 0 Å². The van der Waals surface area contributed by atoms with E-state index in [-0.39, 0.29) is 6.54 Å². The molecule has 0 radical (unpaired) electrons. The van der Waals surface area contributed by atoms with Crippen molar-refractivity contribution in [1.82, 2.24) is 19.6 Å². The Labute approximate surface area is 177 Å². The van der Waals surface area contributed by atoms with E-state index in [1.807, 2.05) is 44.5 Å². The van der Waals surface area contributed by atoms with Gasteiger partial charge < -0.3 is 5.32 Å². The van der Waals surface area contributed by atoms with Crippen LogP contribution in [0.3, 0.4) is 0 Å². The van der Waals surface area contributed by atoms with Crippen LogP contribution in [-0.4, -0.2) is 31.8 Å². The molecule has 0 aliphatic carbocycles. The van der Waals surface area contributed by atoms with Crippen molar-refractivity contribution in [2.45, 2.75) is 52.6 Å². The van der Waals surface area contributed by atoms with Crippen LogP contribution in [0.1, 0.15) is 62.4 Å². The van der Waals surface area contributed by atoms with E-state index in [4.69, 9.17) is 0 Å². The number of aryl methyl sites for hydroxylation is 1. The smallest absolute Gasteiger partial charge is 0.222 e. The number of rotatable bonds is 9. The number of anilines is 1. The summed E-state index contributed by atoms with van der Waals surface area (Å²) in [5.74, 6) is 0.457. The van der Waals surface area contributed by atoms with Crippen molar-refractivity contribution < 1.29 is 4.39 Å². The van der Waals surface area contributed by atoms with Gasteiger partial charge in [-0.05, 0) is 50.0 Å². The zero-order valence-corrected chi connectivity index (χ0v) is 18.2. The quantitative estimate of drug-likeness (QED) is 0.483. The molecule has 0 bridgehead atoms. The monoisotopic (exact) mass is 407 g/mol. The van der Waals surface area contributed by atoms with Crippen LogP contribution >= 0.6 is 0 Å². The van der Waals surface area contributed by atoms with Crippen LogP contribution in [0, 0.1) is 6.92 Å². The minimum Gasteiger partial charge on any atom is -0.351 e. The van der Waals surface area contributed by atoms with Gasteiger partial charge in [-0.1, -0.05) is 39.0 Å². The van der Waals surface area contributed by atoms with Crippen LogP contribution in [-0.2, 0) is 0 Å². The maximum absolute atomic E-state index is 14.8. The molecule has 0 saturated heterocycles. The van der Waals surface area contributed by atoms with Crippen molar-refractivity contribution in [3.8, 4) is 0 Å². The number of hydrogen-bond donors (Lipinski definition) is 1. The number of hydrogen-bond acceptors (Lipinski definition) is 4. The van der Waals surface area contributed by atoms with E-state index in [9.17, 15) is 4.39 Å². The maximum Gasteiger partial charge on any atom is 0.222 e. The summed E-state index contributed by atoms with van der Waals surface area (Å²) in [6.07, 6.45) is 11.2. The Balaban J connectivity index is 1.87. The summed E-state index contributed by atoms with van der Waals surface area (Å²) >= 11 is 0. The molecule has 0 spiro atoms. The van der Waals surface area contributed by atoms with Crippen molar-refractivity contribution in [2.24, 2.45) is 0 Å². The zero-order valence-electron chi connectivity index (χ0n) is 18.2. The normalized spacial score (nSPS) is 14.0. The molecule has 3 heterocycles. The first kappa shape index (κ1) is 21.7. The van der Waals surface area contributed by atoms with Crippen molar-refractivity contribution in [1.29, 1.82) is 0 Å². The largest absolute Gasteiger partial charge is 0.351 e. The summed E-state index contributed by atoms with van der Waals surface area (Å²) in [4.78, 5) is 9.04. The van der Waals surface area contributed by atoms with Crippen LogP contribution < -0.4 is 5.32 Å². The van der Waals surface area contributed by atoms with Crippen LogP contribution in [0.15, 0.2) is 43.4 Å². The molecule has 0 aliphatic heterocycles. The highest BCUT2D eigenvalue weighted by molar-refractivity contribution is 5.83. The van der Waals surface area contributed by atoms with Gasteiger partial charge in [0.2, 0.25) is 5.95 Å². The van der Waals surface area contributed by atoms with Crippen molar-refractivity contribution in [2.75, 3.05) is 11.9 Å². The number of fused-ring (bicyclic) bond motifs is 1. The van der Waals surface area contributed by atoms with Gasteiger partial charge in [0.25, 0.3) is 0 Å². The lowest BCUT2D eigenvalue weighted by Gasteiger charge is -2.23. The van der Waals surface area contributed by atoms with E-state index in [0.717, 1.165) is 39.9 Å². The fraction of sp³-hybridized carbons (Fsp3) is 0.375. The maximum atomic E-state index is 14.8. The van der Waals surface area contributed by atoms with Gasteiger partial charge in [-0.15, -0.1) is 0 Å². The molecule has 3 aromatic heterocycles. The van der Waals surface area contributed by atoms with E-state index in [1.54, 1.807) is 18.5 Å². The predicted molar refractivity (Wildman–Crippen MR) is 122 cm³/mol. The molecule has 0 fully saturated rings. The van der Waals surface area contributed by atoms with E-state index >= 15 is 0 Å². The topological polar surface area (TPSA) is 55.1 Å². The standard InChI is InChI=1S/C24H30FN5/c1-6-11-24(25,9-4)16-27-23-26-15-21(17(5)29-23)20(8-3)19-10-12-30-22(13-19)18(7-2)14-28-30/h7-8,10,12-15H,2,6,9,11,16H2,1,3-5H3,(H,26,27,29)/b20-8-. The highest BCUT2D eigenvalue weighted by atomic mass is 19.1. The van der Waals surface area contributed by atoms with Gasteiger partial charge in [-0.2, -0.15) is 5.10 Å². The summed E-state index contributed by atoms with van der Waals surface area (Å²) < 4.78 is 16.6. The number of nitrogens with zero attached hydrogens (tertiary/aromatic N) is 4. The van der Waals surface area contributed by atoms with Crippen LogP contribution in [0.4, 0.5) is 10.3 Å². The van der Waals surface area contributed by atoms with E-state index in [1.165, 1.54) is 0 Å². The van der Waals surface area contributed by atoms with Crippen LogP contribution in [0.25, 0.3) is 17.2 Å². The molecule has 158 valence electrons. The average molecular weight is 408 g/mol. The molecule has 0 aliphatic rings. The van der Waals surface area contributed by atoms with E-state index in [2.05, 4.69) is 39.1 Å². The van der Waals surface area contributed by atoms with E-state index < -0.39 is 5.67 Å². The lowest BCUT2D eigenvalue weighted by molar-refractivity contribution is 0.158. The van der Waals surface area contributed by atoms with Gasteiger partial charge in [-0.25, -0.2) is 18.9 Å². The molecule has 1 unspecified atom stereocenters. The summed E-state index contributed by atoms with van der Waals surface area (Å²) in [6.45, 7) is 11.9. The third kappa shape index (κ3) is 4.42. The Hall–Kier alpha value is -3.02. The minimum atomic E-state index is -1.23. The average Bonchev–Trinajstić information content (AvgIpc) is 3.17. The molecule has 0 amide bonds. The van der Waals surface area contributed by atoms with Crippen LogP contribution in [0.5, 0.6) is 0 Å². The molecule has 0 saturated carbocycles. The first-order valence-corrected chi connectivity index (χ1v) is 10.5. The molecule has 30 heavy (non-hydrogen) atoms. The first-order chi connectivity index (χ1) is 14.4. The SMILES string of the molecule is C=Cc1cnn2ccc(/C(=C/C)c3cnc(NCC(F)(CC)CCC)nc3C)cc12. The Kier molecular flexibility index (Phi) is 6.65. The highest BCUT2D eigenvalue weighted by Gasteiger charge is 2.26.